The fourth-order valence-corrected chi connectivity index (χ4v) is 2.79. The predicted molar refractivity (Wildman–Crippen MR) is 58.9 cm³/mol. The summed E-state index contributed by atoms with van der Waals surface area (Å²) in [5.74, 6) is 0.458. The highest BCUT2D eigenvalue weighted by molar-refractivity contribution is 5.79. The second kappa shape index (κ2) is 5.08. The number of hydrogen-bond acceptors (Lipinski definition) is 3. The number of piperidine rings is 1. The largest absolute Gasteiger partial charge is 0.381 e. The third kappa shape index (κ3) is 2.79. The van der Waals surface area contributed by atoms with Crippen LogP contribution in [0.5, 0.6) is 0 Å². The molecule has 0 bridgehead atoms. The van der Waals surface area contributed by atoms with Crippen LogP contribution in [-0.2, 0) is 9.53 Å². The van der Waals surface area contributed by atoms with E-state index in [1.54, 1.807) is 7.11 Å². The molecule has 1 heterocycles. The fraction of sp³-hybridized carbons (Fsp3) is 0.917. The Morgan fingerprint density at radius 2 is 2.00 bits per heavy atom. The Balaban J connectivity index is 1.81. The maximum Gasteiger partial charge on any atom is 0.134 e. The molecule has 3 heteroatoms. The molecule has 2 aliphatic rings. The van der Waals surface area contributed by atoms with Gasteiger partial charge in [0.1, 0.15) is 5.78 Å². The van der Waals surface area contributed by atoms with Crippen molar-refractivity contribution in [3.8, 4) is 0 Å². The lowest BCUT2D eigenvalue weighted by Crippen LogP contribution is -2.45. The molecule has 0 spiro atoms. The van der Waals surface area contributed by atoms with Crippen LogP contribution >= 0.6 is 0 Å². The van der Waals surface area contributed by atoms with Gasteiger partial charge in [-0.05, 0) is 25.7 Å². The molecule has 3 nitrogen and oxygen atoms in total. The summed E-state index contributed by atoms with van der Waals surface area (Å²) >= 11 is 0. The second-order valence-electron chi connectivity index (χ2n) is 4.76. The van der Waals surface area contributed by atoms with Crippen molar-refractivity contribution in [3.63, 3.8) is 0 Å². The summed E-state index contributed by atoms with van der Waals surface area (Å²) in [6, 6.07) is 0.532. The first kappa shape index (κ1) is 11.1. The van der Waals surface area contributed by atoms with E-state index in [1.165, 1.54) is 6.42 Å². The van der Waals surface area contributed by atoms with Crippen molar-refractivity contribution < 1.29 is 9.53 Å². The van der Waals surface area contributed by atoms with Gasteiger partial charge in [-0.15, -0.1) is 0 Å². The van der Waals surface area contributed by atoms with Crippen LogP contribution in [0.4, 0.5) is 0 Å². The first-order valence-corrected chi connectivity index (χ1v) is 6.08. The standard InChI is InChI=1S/C12H21NO2/c1-15-12-5-7-13(8-6-12)10-3-2-4-11(14)9-10/h10,12H,2-9H2,1H3. The van der Waals surface area contributed by atoms with Crippen molar-refractivity contribution in [1.29, 1.82) is 0 Å². The molecule has 1 saturated carbocycles. The van der Waals surface area contributed by atoms with Gasteiger partial charge in [0.15, 0.2) is 0 Å². The molecule has 0 amide bonds. The molecule has 1 saturated heterocycles. The van der Waals surface area contributed by atoms with Gasteiger partial charge in [-0.1, -0.05) is 0 Å². The van der Waals surface area contributed by atoms with Crippen LogP contribution in [0.15, 0.2) is 0 Å². The molecule has 0 aromatic heterocycles. The summed E-state index contributed by atoms with van der Waals surface area (Å²) in [4.78, 5) is 13.9. The summed E-state index contributed by atoms with van der Waals surface area (Å²) in [6.07, 6.45) is 6.60. The summed E-state index contributed by atoms with van der Waals surface area (Å²) in [5.41, 5.74) is 0. The van der Waals surface area contributed by atoms with Crippen LogP contribution < -0.4 is 0 Å². The first-order valence-electron chi connectivity index (χ1n) is 6.08. The number of methoxy groups -OCH3 is 1. The van der Waals surface area contributed by atoms with Gasteiger partial charge in [0.2, 0.25) is 0 Å². The van der Waals surface area contributed by atoms with E-state index >= 15 is 0 Å². The Hall–Kier alpha value is -0.410. The van der Waals surface area contributed by atoms with Gasteiger partial charge in [0.25, 0.3) is 0 Å². The number of carbonyl (C=O) groups excluding carboxylic acids is 1. The topological polar surface area (TPSA) is 29.5 Å². The SMILES string of the molecule is COC1CCN(C2CCCC(=O)C2)CC1. The summed E-state index contributed by atoms with van der Waals surface area (Å²) in [6.45, 7) is 2.22. The van der Waals surface area contributed by atoms with Gasteiger partial charge in [-0.25, -0.2) is 0 Å². The molecular formula is C12H21NO2. The van der Waals surface area contributed by atoms with E-state index in [2.05, 4.69) is 4.90 Å². The molecule has 2 fully saturated rings. The van der Waals surface area contributed by atoms with Crippen LogP contribution in [0.3, 0.4) is 0 Å². The van der Waals surface area contributed by atoms with E-state index in [4.69, 9.17) is 4.74 Å². The van der Waals surface area contributed by atoms with Crippen molar-refractivity contribution >= 4 is 5.78 Å². The van der Waals surface area contributed by atoms with Crippen molar-refractivity contribution in [2.75, 3.05) is 20.2 Å². The average molecular weight is 211 g/mol. The van der Waals surface area contributed by atoms with E-state index in [9.17, 15) is 4.79 Å². The van der Waals surface area contributed by atoms with Crippen molar-refractivity contribution in [2.24, 2.45) is 0 Å². The monoisotopic (exact) mass is 211 g/mol. The Kier molecular flexibility index (Phi) is 3.76. The Morgan fingerprint density at radius 3 is 2.60 bits per heavy atom. The van der Waals surface area contributed by atoms with Crippen molar-refractivity contribution in [3.05, 3.63) is 0 Å². The van der Waals surface area contributed by atoms with E-state index in [1.807, 2.05) is 0 Å². The molecule has 15 heavy (non-hydrogen) atoms. The lowest BCUT2D eigenvalue weighted by atomic mass is 9.91. The minimum atomic E-state index is 0.445. The first-order chi connectivity index (χ1) is 7.29. The third-order valence-electron chi connectivity index (χ3n) is 3.78. The number of nitrogens with zero attached hydrogens (tertiary/aromatic N) is 1. The van der Waals surface area contributed by atoms with Crippen LogP contribution in [0.1, 0.15) is 38.5 Å². The Bertz CT molecular complexity index is 222. The highest BCUT2D eigenvalue weighted by Gasteiger charge is 2.28. The van der Waals surface area contributed by atoms with E-state index in [0.29, 0.717) is 17.9 Å². The number of hydrogen-bond donors (Lipinski definition) is 0. The minimum absolute atomic E-state index is 0.445. The third-order valence-corrected chi connectivity index (χ3v) is 3.78. The minimum Gasteiger partial charge on any atom is -0.381 e. The number of likely N-dealkylation sites (tertiary alicyclic amines) is 1. The highest BCUT2D eigenvalue weighted by atomic mass is 16.5. The number of rotatable bonds is 2. The van der Waals surface area contributed by atoms with Crippen molar-refractivity contribution in [1.82, 2.24) is 4.90 Å². The number of ketones is 1. The zero-order valence-corrected chi connectivity index (χ0v) is 9.58. The highest BCUT2D eigenvalue weighted by Crippen LogP contribution is 2.24. The van der Waals surface area contributed by atoms with Crippen LogP contribution in [0.2, 0.25) is 0 Å². The quantitative estimate of drug-likeness (QED) is 0.695. The molecular weight excluding hydrogens is 190 g/mol. The van der Waals surface area contributed by atoms with Gasteiger partial charge < -0.3 is 4.74 Å². The summed E-state index contributed by atoms with van der Waals surface area (Å²) in [7, 11) is 1.80. The second-order valence-corrected chi connectivity index (χ2v) is 4.76. The summed E-state index contributed by atoms with van der Waals surface area (Å²) < 4.78 is 5.35. The van der Waals surface area contributed by atoms with Crippen molar-refractivity contribution in [2.45, 2.75) is 50.7 Å². The molecule has 2 rings (SSSR count). The molecule has 0 radical (unpaired) electrons. The Morgan fingerprint density at radius 1 is 1.27 bits per heavy atom. The predicted octanol–water partition coefficient (Wildman–Crippen LogP) is 1.61. The van der Waals surface area contributed by atoms with E-state index < -0.39 is 0 Å². The zero-order valence-electron chi connectivity index (χ0n) is 9.58. The van der Waals surface area contributed by atoms with Gasteiger partial charge in [-0.2, -0.15) is 0 Å². The average Bonchev–Trinajstić information content (AvgIpc) is 2.29. The zero-order chi connectivity index (χ0) is 10.7. The lowest BCUT2D eigenvalue weighted by molar-refractivity contribution is -0.122. The van der Waals surface area contributed by atoms with Gasteiger partial charge in [0.05, 0.1) is 6.10 Å². The lowest BCUT2D eigenvalue weighted by Gasteiger charge is -2.38. The van der Waals surface area contributed by atoms with Gasteiger partial charge in [0, 0.05) is 39.1 Å². The van der Waals surface area contributed by atoms with Crippen LogP contribution in [0.25, 0.3) is 0 Å². The van der Waals surface area contributed by atoms with Crippen LogP contribution in [0, 0.1) is 0 Å². The smallest absolute Gasteiger partial charge is 0.134 e. The maximum atomic E-state index is 11.4. The molecule has 1 unspecified atom stereocenters. The normalized spacial score (nSPS) is 30.7. The molecule has 1 atom stereocenters. The maximum absolute atomic E-state index is 11.4. The Labute approximate surface area is 91.8 Å². The van der Waals surface area contributed by atoms with E-state index in [0.717, 1.165) is 45.2 Å². The number of carbonyl (C=O) groups is 1. The molecule has 1 aliphatic carbocycles. The summed E-state index contributed by atoms with van der Waals surface area (Å²) in [5, 5.41) is 0. The van der Waals surface area contributed by atoms with Gasteiger partial charge in [-0.3, -0.25) is 9.69 Å². The molecule has 1 aliphatic heterocycles. The van der Waals surface area contributed by atoms with Crippen LogP contribution in [-0.4, -0.2) is 43.0 Å². The van der Waals surface area contributed by atoms with E-state index in [-0.39, 0.29) is 0 Å². The van der Waals surface area contributed by atoms with Gasteiger partial charge >= 0.3 is 0 Å². The molecule has 0 aromatic carbocycles. The fourth-order valence-electron chi connectivity index (χ4n) is 2.79. The number of ether oxygens (including phenoxy) is 1. The molecule has 0 N–H and O–H groups in total. The molecule has 86 valence electrons. The molecule has 0 aromatic rings. The number of Topliss-reactive ketones (excluding diaryl/α,β-unsaturated/α-hetero) is 1.